The molecule has 1 heterocycles. The van der Waals surface area contributed by atoms with Crippen molar-refractivity contribution in [1.82, 2.24) is 10.6 Å². The quantitative estimate of drug-likeness (QED) is 0.691. The lowest BCUT2D eigenvalue weighted by molar-refractivity contribution is -0.121. The molecule has 1 amide bonds. The number of benzene rings is 1. The minimum atomic E-state index is -0.106. The van der Waals surface area contributed by atoms with E-state index in [-0.39, 0.29) is 11.9 Å². The van der Waals surface area contributed by atoms with Crippen molar-refractivity contribution in [3.05, 3.63) is 30.3 Å². The van der Waals surface area contributed by atoms with Crippen molar-refractivity contribution in [3.8, 4) is 0 Å². The molecule has 0 spiro atoms. The summed E-state index contributed by atoms with van der Waals surface area (Å²) in [7, 11) is 0. The Labute approximate surface area is 106 Å². The van der Waals surface area contributed by atoms with Crippen LogP contribution < -0.4 is 16.0 Å². The van der Waals surface area contributed by atoms with Gasteiger partial charge >= 0.3 is 0 Å². The number of nitrogens with one attached hydrogen (secondary N) is 3. The maximum atomic E-state index is 11.7. The highest BCUT2D eigenvalue weighted by molar-refractivity contribution is 7.80. The van der Waals surface area contributed by atoms with Gasteiger partial charge in [0.25, 0.3) is 0 Å². The summed E-state index contributed by atoms with van der Waals surface area (Å²) < 4.78 is 0. The van der Waals surface area contributed by atoms with E-state index in [1.165, 1.54) is 0 Å². The van der Waals surface area contributed by atoms with Crippen LogP contribution in [0.5, 0.6) is 0 Å². The molecule has 2 rings (SSSR count). The van der Waals surface area contributed by atoms with Gasteiger partial charge in [0.1, 0.15) is 0 Å². The smallest absolute Gasteiger partial charge is 0.243 e. The Morgan fingerprint density at radius 2 is 2.12 bits per heavy atom. The first kappa shape index (κ1) is 12.0. The largest absolute Gasteiger partial charge is 0.332 e. The maximum Gasteiger partial charge on any atom is 0.243 e. The van der Waals surface area contributed by atoms with E-state index in [9.17, 15) is 4.79 Å². The van der Waals surface area contributed by atoms with E-state index in [1.54, 1.807) is 0 Å². The molecule has 1 atom stereocenters. The summed E-state index contributed by atoms with van der Waals surface area (Å²) >= 11 is 5.08. The van der Waals surface area contributed by atoms with Gasteiger partial charge in [-0.15, -0.1) is 0 Å². The molecule has 1 aliphatic heterocycles. The lowest BCUT2D eigenvalue weighted by atomic mass is 10.2. The number of hydrogen-bond acceptors (Lipinski definition) is 3. The number of hydrogen-bond donors (Lipinski definition) is 3. The molecule has 1 fully saturated rings. The molecule has 5 heteroatoms. The van der Waals surface area contributed by atoms with Crippen molar-refractivity contribution in [3.63, 3.8) is 0 Å². The lowest BCUT2D eigenvalue weighted by Crippen LogP contribution is -2.44. The molecular formula is C12H15N3OS. The standard InChI is InChI=1S/C12H15N3OS/c16-11(10-7-4-8-13-10)15-12(17)14-9-5-2-1-3-6-9/h1-3,5-6,10,13H,4,7-8H2,(H2,14,15,16,17)/t10-/m0/s1. The second kappa shape index (κ2) is 5.75. The zero-order valence-corrected chi connectivity index (χ0v) is 10.2. The zero-order valence-electron chi connectivity index (χ0n) is 9.40. The molecule has 1 aromatic rings. The number of carbonyl (C=O) groups is 1. The molecule has 0 radical (unpaired) electrons. The van der Waals surface area contributed by atoms with E-state index in [1.807, 2.05) is 30.3 Å². The molecule has 0 bridgehead atoms. The highest BCUT2D eigenvalue weighted by atomic mass is 32.1. The molecule has 1 aliphatic rings. The second-order valence-electron chi connectivity index (χ2n) is 3.96. The van der Waals surface area contributed by atoms with Crippen LogP contribution in [0.1, 0.15) is 12.8 Å². The van der Waals surface area contributed by atoms with Crippen LogP contribution in [-0.2, 0) is 4.79 Å². The lowest BCUT2D eigenvalue weighted by Gasteiger charge is -2.13. The van der Waals surface area contributed by atoms with Crippen LogP contribution in [0, 0.1) is 0 Å². The van der Waals surface area contributed by atoms with E-state index < -0.39 is 0 Å². The van der Waals surface area contributed by atoms with Gasteiger partial charge in [-0.25, -0.2) is 0 Å². The van der Waals surface area contributed by atoms with Crippen molar-refractivity contribution in [1.29, 1.82) is 0 Å². The van der Waals surface area contributed by atoms with E-state index in [0.29, 0.717) is 5.11 Å². The average molecular weight is 249 g/mol. The average Bonchev–Trinajstić information content (AvgIpc) is 2.83. The monoisotopic (exact) mass is 249 g/mol. The van der Waals surface area contributed by atoms with Gasteiger partial charge in [-0.05, 0) is 43.7 Å². The normalized spacial score (nSPS) is 18.7. The minimum Gasteiger partial charge on any atom is -0.332 e. The van der Waals surface area contributed by atoms with Crippen LogP contribution >= 0.6 is 12.2 Å². The summed E-state index contributed by atoms with van der Waals surface area (Å²) in [5.41, 5.74) is 0.872. The topological polar surface area (TPSA) is 53.2 Å². The third-order valence-electron chi connectivity index (χ3n) is 2.65. The van der Waals surface area contributed by atoms with Crippen molar-refractivity contribution in [2.24, 2.45) is 0 Å². The van der Waals surface area contributed by atoms with Gasteiger partial charge in [-0.2, -0.15) is 0 Å². The molecule has 17 heavy (non-hydrogen) atoms. The molecule has 3 N–H and O–H groups in total. The van der Waals surface area contributed by atoms with Crippen LogP contribution in [0.2, 0.25) is 0 Å². The summed E-state index contributed by atoms with van der Waals surface area (Å²) in [5.74, 6) is -0.0593. The van der Waals surface area contributed by atoms with Crippen molar-refractivity contribution in [2.75, 3.05) is 11.9 Å². The Kier molecular flexibility index (Phi) is 4.06. The summed E-state index contributed by atoms with van der Waals surface area (Å²) in [5, 5.41) is 9.13. The van der Waals surface area contributed by atoms with Gasteiger partial charge in [0.2, 0.25) is 5.91 Å². The number of carbonyl (C=O) groups excluding carboxylic acids is 1. The van der Waals surface area contributed by atoms with Crippen LogP contribution in [-0.4, -0.2) is 23.6 Å². The molecule has 1 aromatic carbocycles. The molecule has 4 nitrogen and oxygen atoms in total. The molecule has 0 aliphatic carbocycles. The number of para-hydroxylation sites is 1. The summed E-state index contributed by atoms with van der Waals surface area (Å²) in [6, 6.07) is 9.43. The number of rotatable bonds is 2. The second-order valence-corrected chi connectivity index (χ2v) is 4.37. The van der Waals surface area contributed by atoms with Gasteiger partial charge in [0.05, 0.1) is 6.04 Å². The molecule has 0 unspecified atom stereocenters. The first-order valence-electron chi connectivity index (χ1n) is 5.66. The van der Waals surface area contributed by atoms with Gasteiger partial charge in [-0.3, -0.25) is 4.79 Å². The Bertz CT molecular complexity index is 401. The Morgan fingerprint density at radius 3 is 2.76 bits per heavy atom. The zero-order chi connectivity index (χ0) is 12.1. The first-order chi connectivity index (χ1) is 8.25. The molecule has 0 saturated carbocycles. The van der Waals surface area contributed by atoms with Gasteiger partial charge in [0, 0.05) is 5.69 Å². The van der Waals surface area contributed by atoms with Crippen LogP contribution in [0.3, 0.4) is 0 Å². The molecule has 1 saturated heterocycles. The number of thiocarbonyl (C=S) groups is 1. The minimum absolute atomic E-state index is 0.0593. The van der Waals surface area contributed by atoms with Crippen LogP contribution in [0.4, 0.5) is 5.69 Å². The van der Waals surface area contributed by atoms with Crippen molar-refractivity contribution >= 4 is 28.9 Å². The first-order valence-corrected chi connectivity index (χ1v) is 6.07. The third-order valence-corrected chi connectivity index (χ3v) is 2.85. The number of amides is 1. The highest BCUT2D eigenvalue weighted by Gasteiger charge is 2.22. The van der Waals surface area contributed by atoms with Gasteiger partial charge in [-0.1, -0.05) is 18.2 Å². The molecule has 90 valence electrons. The Hall–Kier alpha value is -1.46. The van der Waals surface area contributed by atoms with Gasteiger partial charge < -0.3 is 16.0 Å². The third kappa shape index (κ3) is 3.51. The summed E-state index contributed by atoms with van der Waals surface area (Å²) in [6.45, 7) is 0.900. The summed E-state index contributed by atoms with van der Waals surface area (Å²) in [4.78, 5) is 11.7. The summed E-state index contributed by atoms with van der Waals surface area (Å²) in [6.07, 6.45) is 1.91. The van der Waals surface area contributed by atoms with Crippen molar-refractivity contribution in [2.45, 2.75) is 18.9 Å². The molecular weight excluding hydrogens is 234 g/mol. The molecule has 0 aromatic heterocycles. The SMILES string of the molecule is O=C(NC(=S)Nc1ccccc1)[C@@H]1CCCN1. The Morgan fingerprint density at radius 1 is 1.35 bits per heavy atom. The fraction of sp³-hybridized carbons (Fsp3) is 0.333. The van der Waals surface area contributed by atoms with Crippen LogP contribution in [0.15, 0.2) is 30.3 Å². The predicted molar refractivity (Wildman–Crippen MR) is 71.8 cm³/mol. The Balaban J connectivity index is 1.83. The van der Waals surface area contributed by atoms with E-state index in [2.05, 4.69) is 16.0 Å². The van der Waals surface area contributed by atoms with E-state index in [4.69, 9.17) is 12.2 Å². The highest BCUT2D eigenvalue weighted by Crippen LogP contribution is 2.06. The maximum absolute atomic E-state index is 11.7. The van der Waals surface area contributed by atoms with E-state index in [0.717, 1.165) is 25.1 Å². The predicted octanol–water partition coefficient (Wildman–Crippen LogP) is 1.25. The van der Waals surface area contributed by atoms with Crippen molar-refractivity contribution < 1.29 is 4.79 Å². The van der Waals surface area contributed by atoms with Gasteiger partial charge in [0.15, 0.2) is 5.11 Å². The van der Waals surface area contributed by atoms with Crippen LogP contribution in [0.25, 0.3) is 0 Å². The van der Waals surface area contributed by atoms with E-state index >= 15 is 0 Å². The fourth-order valence-electron chi connectivity index (χ4n) is 1.79. The fourth-order valence-corrected chi connectivity index (χ4v) is 2.01. The number of anilines is 1.